The van der Waals surface area contributed by atoms with Crippen LogP contribution in [0.25, 0.3) is 17.2 Å². The summed E-state index contributed by atoms with van der Waals surface area (Å²) in [6, 6.07) is 12.4. The van der Waals surface area contributed by atoms with Crippen molar-refractivity contribution < 1.29 is 22.8 Å². The molecular weight excluding hydrogens is 373 g/mol. The number of hydrogen-bond donors (Lipinski definition) is 0. The van der Waals surface area contributed by atoms with Crippen LogP contribution in [0.15, 0.2) is 55.1 Å². The molecule has 0 fully saturated rings. The minimum Gasteiger partial charge on any atom is -0.299 e. The lowest BCUT2D eigenvalue weighted by atomic mass is 9.98. The predicted octanol–water partition coefficient (Wildman–Crippen LogP) is 6.26. The van der Waals surface area contributed by atoms with E-state index in [4.69, 9.17) is 0 Å². The van der Waals surface area contributed by atoms with Gasteiger partial charge in [-0.1, -0.05) is 67.7 Å². The highest BCUT2D eigenvalue weighted by molar-refractivity contribution is 8.14. The van der Waals surface area contributed by atoms with Gasteiger partial charge in [0.2, 0.25) is 0 Å². The van der Waals surface area contributed by atoms with E-state index in [-0.39, 0.29) is 16.5 Å². The van der Waals surface area contributed by atoms with Crippen LogP contribution in [0.5, 0.6) is 0 Å². The highest BCUT2D eigenvalue weighted by Crippen LogP contribution is 2.37. The topological polar surface area (TPSA) is 34.1 Å². The second-order valence-electron chi connectivity index (χ2n) is 5.59. The SMILES string of the molecule is C=Cc1cccc(-c2ccccc2C(F)(F)F)c1.CCC(=O)SCC(C)=O. The Bertz CT molecular complexity index is 798. The Morgan fingerprint density at radius 1 is 1.11 bits per heavy atom. The van der Waals surface area contributed by atoms with Crippen LogP contribution < -0.4 is 0 Å². The minimum atomic E-state index is -4.35. The van der Waals surface area contributed by atoms with E-state index in [0.29, 0.717) is 17.7 Å². The molecule has 0 aliphatic heterocycles. The molecule has 27 heavy (non-hydrogen) atoms. The van der Waals surface area contributed by atoms with Gasteiger partial charge in [-0.05, 0) is 35.7 Å². The Labute approximate surface area is 161 Å². The lowest BCUT2D eigenvalue weighted by Crippen LogP contribution is -2.06. The maximum Gasteiger partial charge on any atom is 0.417 e. The Kier molecular flexibility index (Phi) is 9.02. The van der Waals surface area contributed by atoms with Gasteiger partial charge in [-0.2, -0.15) is 13.2 Å². The number of rotatable bonds is 5. The van der Waals surface area contributed by atoms with E-state index >= 15 is 0 Å². The Balaban J connectivity index is 0.000000345. The number of carbonyl (C=O) groups excluding carboxylic acids is 2. The van der Waals surface area contributed by atoms with Crippen molar-refractivity contribution in [2.24, 2.45) is 0 Å². The minimum absolute atomic E-state index is 0.0572. The molecule has 0 aromatic heterocycles. The zero-order valence-electron chi connectivity index (χ0n) is 15.2. The second kappa shape index (κ2) is 10.7. The summed E-state index contributed by atoms with van der Waals surface area (Å²) in [6.45, 7) is 6.88. The van der Waals surface area contributed by atoms with E-state index in [2.05, 4.69) is 6.58 Å². The van der Waals surface area contributed by atoms with Crippen LogP contribution in [-0.2, 0) is 15.8 Å². The first-order valence-electron chi connectivity index (χ1n) is 8.23. The maximum absolute atomic E-state index is 12.9. The lowest BCUT2D eigenvalue weighted by Gasteiger charge is -2.13. The Morgan fingerprint density at radius 2 is 1.78 bits per heavy atom. The van der Waals surface area contributed by atoms with Gasteiger partial charge in [0.1, 0.15) is 5.78 Å². The monoisotopic (exact) mass is 394 g/mol. The number of carbonyl (C=O) groups is 2. The molecule has 2 rings (SSSR count). The molecule has 2 nitrogen and oxygen atoms in total. The highest BCUT2D eigenvalue weighted by atomic mass is 32.2. The largest absolute Gasteiger partial charge is 0.417 e. The van der Waals surface area contributed by atoms with Crippen molar-refractivity contribution in [1.82, 2.24) is 0 Å². The first-order valence-corrected chi connectivity index (χ1v) is 9.21. The smallest absolute Gasteiger partial charge is 0.299 e. The zero-order valence-corrected chi connectivity index (χ0v) is 16.0. The van der Waals surface area contributed by atoms with Gasteiger partial charge in [0.05, 0.1) is 11.3 Å². The van der Waals surface area contributed by atoms with E-state index in [0.717, 1.165) is 23.4 Å². The van der Waals surface area contributed by atoms with Crippen LogP contribution in [-0.4, -0.2) is 16.7 Å². The molecule has 2 aromatic rings. The third-order valence-electron chi connectivity index (χ3n) is 3.39. The number of ketones is 1. The summed E-state index contributed by atoms with van der Waals surface area (Å²) in [5, 5.41) is 0.0881. The molecule has 0 aliphatic carbocycles. The van der Waals surface area contributed by atoms with E-state index in [9.17, 15) is 22.8 Å². The Hall–Kier alpha value is -2.34. The van der Waals surface area contributed by atoms with Gasteiger partial charge in [-0.25, -0.2) is 0 Å². The zero-order chi connectivity index (χ0) is 20.4. The van der Waals surface area contributed by atoms with Crippen molar-refractivity contribution in [3.05, 3.63) is 66.2 Å². The summed E-state index contributed by atoms with van der Waals surface area (Å²) in [7, 11) is 0. The molecular formula is C21H21F3O2S. The number of benzene rings is 2. The van der Waals surface area contributed by atoms with Crippen LogP contribution in [0.1, 0.15) is 31.4 Å². The highest BCUT2D eigenvalue weighted by Gasteiger charge is 2.33. The van der Waals surface area contributed by atoms with Gasteiger partial charge < -0.3 is 0 Å². The van der Waals surface area contributed by atoms with Crippen LogP contribution in [0, 0.1) is 0 Å². The first-order chi connectivity index (χ1) is 12.7. The summed E-state index contributed by atoms with van der Waals surface area (Å²) in [6.07, 6.45) is -2.22. The average molecular weight is 394 g/mol. The number of Topliss-reactive ketones (excluding diaryl/α,β-unsaturated/α-hetero) is 1. The summed E-state index contributed by atoms with van der Waals surface area (Å²) in [5.41, 5.74) is 0.907. The standard InChI is InChI=1S/C15H11F3.C6H10O2S/c1-2-11-6-5-7-12(10-11)13-8-3-4-9-14(13)15(16,17)18;1-3-6(8)9-4-5(2)7/h2-10H,1H2;3-4H2,1-2H3. The third kappa shape index (κ3) is 7.83. The van der Waals surface area contributed by atoms with Crippen molar-refractivity contribution >= 4 is 28.7 Å². The first kappa shape index (κ1) is 22.7. The molecule has 0 heterocycles. The molecule has 0 saturated heterocycles. The fourth-order valence-corrected chi connectivity index (χ4v) is 2.67. The summed E-state index contributed by atoms with van der Waals surface area (Å²) in [5.74, 6) is 0.383. The Morgan fingerprint density at radius 3 is 2.33 bits per heavy atom. The van der Waals surface area contributed by atoms with Crippen molar-refractivity contribution in [3.63, 3.8) is 0 Å². The van der Waals surface area contributed by atoms with Crippen molar-refractivity contribution in [1.29, 1.82) is 0 Å². The maximum atomic E-state index is 12.9. The molecule has 0 saturated carbocycles. The van der Waals surface area contributed by atoms with Crippen LogP contribution in [0.2, 0.25) is 0 Å². The van der Waals surface area contributed by atoms with Gasteiger partial charge in [0.25, 0.3) is 0 Å². The molecule has 0 radical (unpaired) electrons. The number of thioether (sulfide) groups is 1. The normalized spacial score (nSPS) is 10.6. The van der Waals surface area contributed by atoms with Crippen molar-refractivity contribution in [3.8, 4) is 11.1 Å². The predicted molar refractivity (Wildman–Crippen MR) is 105 cm³/mol. The third-order valence-corrected chi connectivity index (χ3v) is 4.55. The van der Waals surface area contributed by atoms with Crippen molar-refractivity contribution in [2.75, 3.05) is 5.75 Å². The molecule has 0 amide bonds. The fourth-order valence-electron chi connectivity index (χ4n) is 2.10. The number of alkyl halides is 3. The van der Waals surface area contributed by atoms with Crippen molar-refractivity contribution in [2.45, 2.75) is 26.4 Å². The number of halogens is 3. The van der Waals surface area contributed by atoms with Crippen LogP contribution in [0.3, 0.4) is 0 Å². The van der Waals surface area contributed by atoms with Crippen LogP contribution in [0.4, 0.5) is 13.2 Å². The second-order valence-corrected chi connectivity index (χ2v) is 6.62. The summed E-state index contributed by atoms with van der Waals surface area (Å²) >= 11 is 1.10. The van der Waals surface area contributed by atoms with Gasteiger partial charge >= 0.3 is 6.18 Å². The fraction of sp³-hybridized carbons (Fsp3) is 0.238. The molecule has 0 atom stereocenters. The van der Waals surface area contributed by atoms with E-state index in [1.165, 1.54) is 19.1 Å². The van der Waals surface area contributed by atoms with E-state index in [1.807, 2.05) is 0 Å². The van der Waals surface area contributed by atoms with Gasteiger partial charge in [0.15, 0.2) is 5.12 Å². The van der Waals surface area contributed by atoms with E-state index in [1.54, 1.807) is 43.3 Å². The molecule has 0 aliphatic rings. The van der Waals surface area contributed by atoms with Gasteiger partial charge in [0, 0.05) is 6.42 Å². The molecule has 144 valence electrons. The lowest BCUT2D eigenvalue weighted by molar-refractivity contribution is -0.137. The summed E-state index contributed by atoms with van der Waals surface area (Å²) < 4.78 is 38.7. The average Bonchev–Trinajstić information content (AvgIpc) is 2.66. The van der Waals surface area contributed by atoms with Crippen LogP contribution >= 0.6 is 11.8 Å². The molecule has 0 N–H and O–H groups in total. The quantitative estimate of drug-likeness (QED) is 0.600. The summed E-state index contributed by atoms with van der Waals surface area (Å²) in [4.78, 5) is 20.8. The van der Waals surface area contributed by atoms with Gasteiger partial charge in [-0.3, -0.25) is 9.59 Å². The van der Waals surface area contributed by atoms with E-state index < -0.39 is 11.7 Å². The molecule has 6 heteroatoms. The molecule has 2 aromatic carbocycles. The van der Waals surface area contributed by atoms with Gasteiger partial charge in [-0.15, -0.1) is 0 Å². The molecule has 0 unspecified atom stereocenters. The molecule has 0 spiro atoms. The number of hydrogen-bond acceptors (Lipinski definition) is 3. The molecule has 0 bridgehead atoms.